The molecule has 1 N–H and O–H groups in total. The summed E-state index contributed by atoms with van der Waals surface area (Å²) >= 11 is 3.14. The summed E-state index contributed by atoms with van der Waals surface area (Å²) in [6.07, 6.45) is -4.73. The number of nitrogens with zero attached hydrogens (tertiary/aromatic N) is 4. The SMILES string of the molecule is CN(CCNC(=O)c1cccc(-c2noc(C(F)(F)F)n2)c1)c1nc(-c2cccs2)cs1. The molecule has 0 bridgehead atoms. The molecule has 4 aromatic rings. The van der Waals surface area contributed by atoms with Gasteiger partial charge in [-0.25, -0.2) is 4.98 Å². The summed E-state index contributed by atoms with van der Waals surface area (Å²) in [5.74, 6) is -2.04. The molecule has 3 heterocycles. The molecule has 3 aromatic heterocycles. The third-order valence-corrected chi connectivity index (χ3v) is 6.22. The lowest BCUT2D eigenvalue weighted by Crippen LogP contribution is -2.32. The zero-order valence-corrected chi connectivity index (χ0v) is 18.2. The molecule has 1 aromatic carbocycles. The summed E-state index contributed by atoms with van der Waals surface area (Å²) in [5, 5.41) is 11.0. The Balaban J connectivity index is 1.34. The minimum atomic E-state index is -4.73. The highest BCUT2D eigenvalue weighted by Crippen LogP contribution is 2.30. The molecule has 1 amide bonds. The van der Waals surface area contributed by atoms with Crippen LogP contribution < -0.4 is 10.2 Å². The van der Waals surface area contributed by atoms with Crippen molar-refractivity contribution in [1.82, 2.24) is 20.4 Å². The largest absolute Gasteiger partial charge is 0.471 e. The van der Waals surface area contributed by atoms with E-state index in [1.807, 2.05) is 34.8 Å². The van der Waals surface area contributed by atoms with Crippen LogP contribution in [0.15, 0.2) is 51.7 Å². The van der Waals surface area contributed by atoms with Gasteiger partial charge < -0.3 is 14.7 Å². The predicted octanol–water partition coefficient (Wildman–Crippen LogP) is 4.81. The molecule has 0 atom stereocenters. The van der Waals surface area contributed by atoms with E-state index in [9.17, 15) is 18.0 Å². The summed E-state index contributed by atoms with van der Waals surface area (Å²) in [4.78, 5) is 23.5. The van der Waals surface area contributed by atoms with E-state index in [2.05, 4.69) is 25.0 Å². The molecule has 0 aliphatic heterocycles. The molecule has 12 heteroatoms. The quantitative estimate of drug-likeness (QED) is 0.410. The monoisotopic (exact) mass is 479 g/mol. The van der Waals surface area contributed by atoms with Crippen LogP contribution in [0.1, 0.15) is 16.2 Å². The molecular weight excluding hydrogens is 463 g/mol. The van der Waals surface area contributed by atoms with Crippen molar-refractivity contribution in [3.05, 3.63) is 58.6 Å². The van der Waals surface area contributed by atoms with Gasteiger partial charge in [0.2, 0.25) is 5.82 Å². The molecule has 0 saturated carbocycles. The fraction of sp³-hybridized carbons (Fsp3) is 0.200. The third kappa shape index (κ3) is 4.97. The first kappa shape index (κ1) is 22.0. The number of carbonyl (C=O) groups is 1. The number of thiophene rings is 1. The smallest absolute Gasteiger partial charge is 0.350 e. The van der Waals surface area contributed by atoms with Gasteiger partial charge in [0, 0.05) is 36.6 Å². The Kier molecular flexibility index (Phi) is 6.24. The molecular formula is C20H16F3N5O2S2. The molecule has 0 saturated heterocycles. The van der Waals surface area contributed by atoms with E-state index in [0.717, 1.165) is 15.7 Å². The number of thiazole rings is 1. The van der Waals surface area contributed by atoms with Crippen molar-refractivity contribution < 1.29 is 22.5 Å². The van der Waals surface area contributed by atoms with Crippen LogP contribution in [0.5, 0.6) is 0 Å². The topological polar surface area (TPSA) is 84.2 Å². The number of carbonyl (C=O) groups excluding carboxylic acids is 1. The van der Waals surface area contributed by atoms with Gasteiger partial charge in [-0.3, -0.25) is 4.79 Å². The number of aromatic nitrogens is 3. The van der Waals surface area contributed by atoms with Crippen LogP contribution in [0, 0.1) is 0 Å². The Labute approximate surface area is 188 Å². The molecule has 0 radical (unpaired) electrons. The Bertz CT molecular complexity index is 1200. The van der Waals surface area contributed by atoms with Crippen LogP contribution in [0.25, 0.3) is 22.0 Å². The first-order valence-electron chi connectivity index (χ1n) is 9.31. The van der Waals surface area contributed by atoms with Crippen molar-refractivity contribution in [2.75, 3.05) is 25.0 Å². The van der Waals surface area contributed by atoms with E-state index in [1.54, 1.807) is 23.5 Å². The Morgan fingerprint density at radius 1 is 1.19 bits per heavy atom. The zero-order valence-electron chi connectivity index (χ0n) is 16.6. The maximum atomic E-state index is 12.7. The maximum Gasteiger partial charge on any atom is 0.471 e. The molecule has 4 rings (SSSR count). The van der Waals surface area contributed by atoms with Gasteiger partial charge in [0.25, 0.3) is 5.91 Å². The molecule has 0 fully saturated rings. The molecule has 0 spiro atoms. The summed E-state index contributed by atoms with van der Waals surface area (Å²) in [7, 11) is 1.89. The van der Waals surface area contributed by atoms with Gasteiger partial charge in [-0.2, -0.15) is 18.2 Å². The van der Waals surface area contributed by atoms with Crippen LogP contribution >= 0.6 is 22.7 Å². The van der Waals surface area contributed by atoms with Crippen molar-refractivity contribution in [1.29, 1.82) is 0 Å². The minimum absolute atomic E-state index is 0.239. The van der Waals surface area contributed by atoms with Gasteiger partial charge in [-0.15, -0.1) is 22.7 Å². The van der Waals surface area contributed by atoms with Crippen molar-refractivity contribution in [3.63, 3.8) is 0 Å². The summed E-state index contributed by atoms with van der Waals surface area (Å²) < 4.78 is 42.2. The Hall–Kier alpha value is -3.25. The minimum Gasteiger partial charge on any atom is -0.350 e. The standard InChI is InChI=1S/C20H16F3N5O2S2/c1-28(19-25-14(11-32-19)15-6-3-9-31-15)8-7-24-17(29)13-5-2-4-12(10-13)16-26-18(30-27-16)20(21,22)23/h2-6,9-11H,7-8H2,1H3,(H,24,29). The van der Waals surface area contributed by atoms with E-state index in [4.69, 9.17) is 0 Å². The molecule has 0 unspecified atom stereocenters. The normalized spacial score (nSPS) is 11.5. The van der Waals surface area contributed by atoms with E-state index in [1.165, 1.54) is 23.5 Å². The van der Waals surface area contributed by atoms with Crippen molar-refractivity contribution >= 4 is 33.7 Å². The third-order valence-electron chi connectivity index (χ3n) is 4.38. The van der Waals surface area contributed by atoms with Crippen molar-refractivity contribution in [2.45, 2.75) is 6.18 Å². The second kappa shape index (κ2) is 9.09. The number of benzene rings is 1. The molecule has 0 aliphatic rings. The van der Waals surface area contributed by atoms with Crippen LogP contribution in [0.3, 0.4) is 0 Å². The highest BCUT2D eigenvalue weighted by Gasteiger charge is 2.38. The molecule has 32 heavy (non-hydrogen) atoms. The summed E-state index contributed by atoms with van der Waals surface area (Å²) in [5.41, 5.74) is 1.44. The number of rotatable bonds is 7. The fourth-order valence-electron chi connectivity index (χ4n) is 2.77. The highest BCUT2D eigenvalue weighted by atomic mass is 32.1. The second-order valence-corrected chi connectivity index (χ2v) is 8.46. The van der Waals surface area contributed by atoms with Crippen LogP contribution in [-0.2, 0) is 6.18 Å². The van der Waals surface area contributed by atoms with Gasteiger partial charge in [0.1, 0.15) is 0 Å². The lowest BCUT2D eigenvalue weighted by molar-refractivity contribution is -0.159. The number of hydrogen-bond acceptors (Lipinski definition) is 8. The van der Waals surface area contributed by atoms with Gasteiger partial charge in [-0.05, 0) is 23.6 Å². The Morgan fingerprint density at radius 3 is 2.75 bits per heavy atom. The number of likely N-dealkylation sites (N-methyl/N-ethyl adjacent to an activating group) is 1. The van der Waals surface area contributed by atoms with E-state index < -0.39 is 12.1 Å². The number of alkyl halides is 3. The predicted molar refractivity (Wildman–Crippen MR) is 116 cm³/mol. The van der Waals surface area contributed by atoms with Crippen LogP contribution in [-0.4, -0.2) is 41.2 Å². The first-order chi connectivity index (χ1) is 15.3. The average Bonchev–Trinajstić information content (AvgIpc) is 3.54. The summed E-state index contributed by atoms with van der Waals surface area (Å²) in [6.45, 7) is 0.885. The van der Waals surface area contributed by atoms with Crippen LogP contribution in [0.2, 0.25) is 0 Å². The van der Waals surface area contributed by atoms with E-state index in [0.29, 0.717) is 13.1 Å². The van der Waals surface area contributed by atoms with Crippen LogP contribution in [0.4, 0.5) is 18.3 Å². The van der Waals surface area contributed by atoms with E-state index in [-0.39, 0.29) is 22.9 Å². The molecule has 166 valence electrons. The van der Waals surface area contributed by atoms with Gasteiger partial charge in [0.15, 0.2) is 5.13 Å². The summed E-state index contributed by atoms with van der Waals surface area (Å²) in [6, 6.07) is 10.0. The van der Waals surface area contributed by atoms with Gasteiger partial charge in [0.05, 0.1) is 10.6 Å². The number of halogens is 3. The second-order valence-electron chi connectivity index (χ2n) is 6.67. The zero-order chi connectivity index (χ0) is 22.7. The lowest BCUT2D eigenvalue weighted by atomic mass is 10.1. The number of hydrogen-bond donors (Lipinski definition) is 1. The van der Waals surface area contributed by atoms with Crippen molar-refractivity contribution in [3.8, 4) is 22.0 Å². The molecule has 7 nitrogen and oxygen atoms in total. The van der Waals surface area contributed by atoms with E-state index >= 15 is 0 Å². The fourth-order valence-corrected chi connectivity index (χ4v) is 4.35. The van der Waals surface area contributed by atoms with Gasteiger partial charge in [-0.1, -0.05) is 23.4 Å². The highest BCUT2D eigenvalue weighted by molar-refractivity contribution is 7.16. The number of anilines is 1. The molecule has 0 aliphatic carbocycles. The lowest BCUT2D eigenvalue weighted by Gasteiger charge is -2.16. The number of nitrogens with one attached hydrogen (secondary N) is 1. The van der Waals surface area contributed by atoms with Crippen molar-refractivity contribution in [2.24, 2.45) is 0 Å². The average molecular weight is 480 g/mol. The van der Waals surface area contributed by atoms with Gasteiger partial charge >= 0.3 is 12.1 Å². The number of amides is 1. The maximum absolute atomic E-state index is 12.7. The first-order valence-corrected chi connectivity index (χ1v) is 11.1. The Morgan fingerprint density at radius 2 is 2.03 bits per heavy atom.